The molecule has 1 aliphatic carbocycles. The van der Waals surface area contributed by atoms with Crippen molar-refractivity contribution in [2.45, 2.75) is 77.7 Å². The van der Waals surface area contributed by atoms with Crippen LogP contribution in [0.4, 0.5) is 0 Å². The molecular weight excluding hydrogens is 184 g/mol. The van der Waals surface area contributed by atoms with Gasteiger partial charge in [0.1, 0.15) is 0 Å². The van der Waals surface area contributed by atoms with Crippen LogP contribution in [0.2, 0.25) is 0 Å². The van der Waals surface area contributed by atoms with Gasteiger partial charge in [-0.3, -0.25) is 0 Å². The van der Waals surface area contributed by atoms with Crippen molar-refractivity contribution in [2.24, 2.45) is 5.92 Å². The maximum Gasteiger partial charge on any atom is 0.0572 e. The Bertz CT molecular complexity index is 138. The van der Waals surface area contributed by atoms with Gasteiger partial charge in [-0.05, 0) is 31.6 Å². The van der Waals surface area contributed by atoms with Crippen LogP contribution in [0, 0.1) is 5.92 Å². The summed E-state index contributed by atoms with van der Waals surface area (Å²) in [6.45, 7) is 5.54. The lowest BCUT2D eigenvalue weighted by Gasteiger charge is -2.24. The van der Waals surface area contributed by atoms with Crippen LogP contribution in [0.5, 0.6) is 0 Å². The molecule has 1 saturated carbocycles. The quantitative estimate of drug-likeness (QED) is 0.601. The molecule has 0 aromatic heterocycles. The lowest BCUT2D eigenvalue weighted by Crippen LogP contribution is -2.19. The summed E-state index contributed by atoms with van der Waals surface area (Å²) >= 11 is 0. The van der Waals surface area contributed by atoms with Crippen LogP contribution in [0.1, 0.15) is 71.6 Å². The van der Waals surface area contributed by atoms with E-state index in [2.05, 4.69) is 13.8 Å². The highest BCUT2D eigenvalue weighted by atomic mass is 16.5. The molecule has 1 fully saturated rings. The van der Waals surface area contributed by atoms with Crippen LogP contribution < -0.4 is 0 Å². The summed E-state index contributed by atoms with van der Waals surface area (Å²) in [5, 5.41) is 0. The Hall–Kier alpha value is -0.0400. The van der Waals surface area contributed by atoms with E-state index < -0.39 is 0 Å². The van der Waals surface area contributed by atoms with Crippen LogP contribution >= 0.6 is 0 Å². The summed E-state index contributed by atoms with van der Waals surface area (Å²) in [5.41, 5.74) is 0. The summed E-state index contributed by atoms with van der Waals surface area (Å²) in [6.07, 6.45) is 12.7. The molecule has 0 heterocycles. The van der Waals surface area contributed by atoms with Crippen molar-refractivity contribution in [2.75, 3.05) is 6.61 Å². The van der Waals surface area contributed by atoms with Crippen LogP contribution in [0.3, 0.4) is 0 Å². The molecule has 0 saturated heterocycles. The van der Waals surface area contributed by atoms with E-state index in [9.17, 15) is 0 Å². The second kappa shape index (κ2) is 8.15. The van der Waals surface area contributed by atoms with Gasteiger partial charge in [0.2, 0.25) is 0 Å². The molecule has 0 bridgehead atoms. The number of unbranched alkanes of at least 4 members (excludes halogenated alkanes) is 1. The predicted molar refractivity (Wildman–Crippen MR) is 66.1 cm³/mol. The van der Waals surface area contributed by atoms with Gasteiger partial charge < -0.3 is 4.74 Å². The monoisotopic (exact) mass is 212 g/mol. The smallest absolute Gasteiger partial charge is 0.0572 e. The highest BCUT2D eigenvalue weighted by molar-refractivity contribution is 4.66. The van der Waals surface area contributed by atoms with Crippen LogP contribution in [-0.2, 0) is 4.74 Å². The van der Waals surface area contributed by atoms with Gasteiger partial charge >= 0.3 is 0 Å². The second-order valence-corrected chi connectivity index (χ2v) is 5.01. The molecule has 0 aliphatic heterocycles. The molecule has 1 atom stereocenters. The van der Waals surface area contributed by atoms with Gasteiger partial charge in [0.05, 0.1) is 6.10 Å². The van der Waals surface area contributed by atoms with E-state index in [0.717, 1.165) is 12.5 Å². The standard InChI is InChI=1S/C14H28O/c1-3-5-11-14(4-2)15-12-13-9-7-6-8-10-13/h13-14H,3-12H2,1-2H3. The third kappa shape index (κ3) is 5.55. The Kier molecular flexibility index (Phi) is 7.08. The molecule has 0 spiro atoms. The van der Waals surface area contributed by atoms with Crippen molar-refractivity contribution >= 4 is 0 Å². The minimum absolute atomic E-state index is 0.534. The number of hydrogen-bond acceptors (Lipinski definition) is 1. The normalized spacial score (nSPS) is 20.4. The maximum atomic E-state index is 6.03. The van der Waals surface area contributed by atoms with Crippen molar-refractivity contribution in [1.82, 2.24) is 0 Å². The van der Waals surface area contributed by atoms with E-state index in [-0.39, 0.29) is 0 Å². The molecule has 15 heavy (non-hydrogen) atoms. The zero-order chi connectivity index (χ0) is 10.9. The van der Waals surface area contributed by atoms with E-state index in [4.69, 9.17) is 4.74 Å². The van der Waals surface area contributed by atoms with Gasteiger partial charge in [-0.2, -0.15) is 0 Å². The third-order valence-corrected chi connectivity index (χ3v) is 3.63. The minimum atomic E-state index is 0.534. The van der Waals surface area contributed by atoms with Gasteiger partial charge in [-0.1, -0.05) is 46.0 Å². The fourth-order valence-corrected chi connectivity index (χ4v) is 2.46. The molecule has 1 rings (SSSR count). The van der Waals surface area contributed by atoms with Crippen LogP contribution in [0.25, 0.3) is 0 Å². The van der Waals surface area contributed by atoms with E-state index in [1.807, 2.05) is 0 Å². The number of hydrogen-bond donors (Lipinski definition) is 0. The van der Waals surface area contributed by atoms with Gasteiger partial charge in [0, 0.05) is 6.61 Å². The van der Waals surface area contributed by atoms with E-state index in [0.29, 0.717) is 6.10 Å². The summed E-state index contributed by atoms with van der Waals surface area (Å²) < 4.78 is 6.03. The highest BCUT2D eigenvalue weighted by Gasteiger charge is 2.15. The topological polar surface area (TPSA) is 9.23 Å². The van der Waals surface area contributed by atoms with Gasteiger partial charge in [-0.15, -0.1) is 0 Å². The molecule has 0 aromatic rings. The molecule has 1 heteroatoms. The molecule has 0 amide bonds. The van der Waals surface area contributed by atoms with Crippen molar-refractivity contribution in [3.63, 3.8) is 0 Å². The first kappa shape index (κ1) is 13.0. The summed E-state index contributed by atoms with van der Waals surface area (Å²) in [5.74, 6) is 0.870. The Labute approximate surface area is 95.6 Å². The Morgan fingerprint density at radius 2 is 1.87 bits per heavy atom. The van der Waals surface area contributed by atoms with E-state index >= 15 is 0 Å². The molecule has 0 N–H and O–H groups in total. The first-order chi connectivity index (χ1) is 7.36. The Balaban J connectivity index is 2.09. The Morgan fingerprint density at radius 3 is 2.47 bits per heavy atom. The number of ether oxygens (including phenoxy) is 1. The van der Waals surface area contributed by atoms with Crippen molar-refractivity contribution in [3.05, 3.63) is 0 Å². The lowest BCUT2D eigenvalue weighted by molar-refractivity contribution is 0.0131. The number of rotatable bonds is 7. The first-order valence-corrected chi connectivity index (χ1v) is 6.98. The van der Waals surface area contributed by atoms with Crippen molar-refractivity contribution in [1.29, 1.82) is 0 Å². The molecule has 1 unspecified atom stereocenters. The summed E-state index contributed by atoms with van der Waals surface area (Å²) in [4.78, 5) is 0. The SMILES string of the molecule is CCCCC(CC)OCC1CCCCC1. The van der Waals surface area contributed by atoms with E-state index in [1.54, 1.807) is 0 Å². The largest absolute Gasteiger partial charge is 0.378 e. The van der Waals surface area contributed by atoms with Crippen LogP contribution in [0.15, 0.2) is 0 Å². The molecule has 0 aromatic carbocycles. The average Bonchev–Trinajstić information content (AvgIpc) is 2.31. The minimum Gasteiger partial charge on any atom is -0.378 e. The summed E-state index contributed by atoms with van der Waals surface area (Å²) in [7, 11) is 0. The lowest BCUT2D eigenvalue weighted by atomic mass is 9.90. The Morgan fingerprint density at radius 1 is 1.13 bits per heavy atom. The maximum absolute atomic E-state index is 6.03. The van der Waals surface area contributed by atoms with Gasteiger partial charge in [0.15, 0.2) is 0 Å². The zero-order valence-electron chi connectivity index (χ0n) is 10.6. The zero-order valence-corrected chi connectivity index (χ0v) is 10.6. The fourth-order valence-electron chi connectivity index (χ4n) is 2.46. The molecule has 90 valence electrons. The molecule has 1 nitrogen and oxygen atoms in total. The van der Waals surface area contributed by atoms with Gasteiger partial charge in [-0.25, -0.2) is 0 Å². The highest BCUT2D eigenvalue weighted by Crippen LogP contribution is 2.24. The molecule has 0 radical (unpaired) electrons. The first-order valence-electron chi connectivity index (χ1n) is 6.98. The summed E-state index contributed by atoms with van der Waals surface area (Å²) in [6, 6.07) is 0. The van der Waals surface area contributed by atoms with Crippen molar-refractivity contribution < 1.29 is 4.74 Å². The van der Waals surface area contributed by atoms with Crippen molar-refractivity contribution in [3.8, 4) is 0 Å². The second-order valence-electron chi connectivity index (χ2n) is 5.01. The molecule has 1 aliphatic rings. The predicted octanol–water partition coefficient (Wildman–Crippen LogP) is 4.55. The van der Waals surface area contributed by atoms with Gasteiger partial charge in [0.25, 0.3) is 0 Å². The average molecular weight is 212 g/mol. The third-order valence-electron chi connectivity index (χ3n) is 3.63. The van der Waals surface area contributed by atoms with Crippen LogP contribution in [-0.4, -0.2) is 12.7 Å². The molecular formula is C14H28O. The van der Waals surface area contributed by atoms with E-state index in [1.165, 1.54) is 57.8 Å². The fraction of sp³-hybridized carbons (Fsp3) is 1.00.